The Kier molecular flexibility index (Phi) is 12.1. The topological polar surface area (TPSA) is 162 Å². The lowest BCUT2D eigenvalue weighted by atomic mass is 9.78. The zero-order valence-electron chi connectivity index (χ0n) is 40.7. The molecule has 2 aliphatic heterocycles. The first kappa shape index (κ1) is 47.0. The average molecular weight is 931 g/mol. The molecule has 0 bridgehead atoms. The van der Waals surface area contributed by atoms with Gasteiger partial charge in [-0.05, 0) is 69.1 Å². The van der Waals surface area contributed by atoms with Crippen molar-refractivity contribution in [2.24, 2.45) is 0 Å². The molecule has 2 aliphatic rings. The van der Waals surface area contributed by atoms with E-state index in [2.05, 4.69) is 0 Å². The molecule has 68 heavy (non-hydrogen) atoms. The number of carbonyl (C=O) groups excluding carboxylic acids is 3. The predicted molar refractivity (Wildman–Crippen MR) is 253 cm³/mol. The second kappa shape index (κ2) is 17.6. The lowest BCUT2D eigenvalue weighted by Gasteiger charge is -2.28. The van der Waals surface area contributed by atoms with Gasteiger partial charge >= 0.3 is 18.1 Å². The molecule has 0 amide bonds. The molecule has 0 atom stereocenters. The van der Waals surface area contributed by atoms with Crippen LogP contribution in [0.3, 0.4) is 0 Å². The maximum absolute atomic E-state index is 14.7. The first-order valence-electron chi connectivity index (χ1n) is 21.7. The Hall–Kier alpha value is -7.55. The van der Waals surface area contributed by atoms with Gasteiger partial charge in [0, 0.05) is 44.2 Å². The van der Waals surface area contributed by atoms with Crippen molar-refractivity contribution in [3.05, 3.63) is 81.9 Å². The summed E-state index contributed by atoms with van der Waals surface area (Å²) in [5.74, 6) is 1.99. The first-order valence-corrected chi connectivity index (χ1v) is 21.7. The molecular formula is C53H54O15. The number of hydrogen-bond donors (Lipinski definition) is 0. The quantitative estimate of drug-likeness (QED) is 0.0841. The molecule has 0 unspecified atom stereocenters. The Bertz CT molecular complexity index is 2870. The van der Waals surface area contributed by atoms with Gasteiger partial charge in [0.1, 0.15) is 24.7 Å². The summed E-state index contributed by atoms with van der Waals surface area (Å²) >= 11 is 0. The molecule has 0 fully saturated rings. The van der Waals surface area contributed by atoms with E-state index in [9.17, 15) is 14.4 Å². The molecule has 6 aromatic rings. The van der Waals surface area contributed by atoms with Gasteiger partial charge in [0.15, 0.2) is 46.0 Å². The average Bonchev–Trinajstić information content (AvgIpc) is 3.90. The summed E-state index contributed by atoms with van der Waals surface area (Å²) in [5, 5.41) is 1.69. The van der Waals surface area contributed by atoms with E-state index in [0.717, 1.165) is 11.1 Å². The van der Waals surface area contributed by atoms with Crippen LogP contribution in [0.1, 0.15) is 84.5 Å². The zero-order valence-corrected chi connectivity index (χ0v) is 40.7. The van der Waals surface area contributed by atoms with Crippen LogP contribution in [0.25, 0.3) is 43.8 Å². The fourth-order valence-electron chi connectivity index (χ4n) is 9.56. The van der Waals surface area contributed by atoms with Crippen LogP contribution < -0.4 is 47.4 Å². The maximum atomic E-state index is 14.7. The standard InChI is InChI=1S/C53H54O15/c1-52(2,3)43-25(15-17-33(57-7)47(43)63-13)39-27-19-35(59-9)37(61-11)21-29(27)45(31-23-65-49(54)41(31)39)67-51(56)68-46-30-22-38(62-12)36(60-10)20-28(30)40(42-32(46)24-66-50(42)55)26-16-18-34(58-8)48(64-14)44(26)53(4,5)6/h15-22H,23-24H2,1-14H3. The second-order valence-corrected chi connectivity index (χ2v) is 18.2. The summed E-state index contributed by atoms with van der Waals surface area (Å²) in [7, 11) is 12.2. The Balaban J connectivity index is 1.39. The largest absolute Gasteiger partial charge is 0.519 e. The highest BCUT2D eigenvalue weighted by atomic mass is 16.7. The molecule has 2 heterocycles. The molecule has 8 rings (SSSR count). The second-order valence-electron chi connectivity index (χ2n) is 18.2. The Labute approximate surface area is 393 Å². The Morgan fingerprint density at radius 1 is 0.426 bits per heavy atom. The highest BCUT2D eigenvalue weighted by Crippen LogP contribution is 2.55. The van der Waals surface area contributed by atoms with Gasteiger partial charge in [-0.3, -0.25) is 0 Å². The van der Waals surface area contributed by atoms with E-state index in [-0.39, 0.29) is 47.0 Å². The summed E-state index contributed by atoms with van der Waals surface area (Å²) in [6.45, 7) is 11.7. The number of fused-ring (bicyclic) bond motifs is 4. The van der Waals surface area contributed by atoms with Gasteiger partial charge in [-0.1, -0.05) is 53.7 Å². The van der Waals surface area contributed by atoms with Gasteiger partial charge < -0.3 is 56.8 Å². The number of rotatable bonds is 12. The van der Waals surface area contributed by atoms with E-state index >= 15 is 0 Å². The molecule has 0 radical (unpaired) electrons. The molecule has 0 aliphatic carbocycles. The van der Waals surface area contributed by atoms with Gasteiger partial charge in [-0.25, -0.2) is 14.4 Å². The minimum absolute atomic E-state index is 0.0161. The predicted octanol–water partition coefficient (Wildman–Crippen LogP) is 10.9. The summed E-state index contributed by atoms with van der Waals surface area (Å²) in [5.41, 5.74) is 3.60. The van der Waals surface area contributed by atoms with Crippen LogP contribution in [0.5, 0.6) is 57.5 Å². The number of benzene rings is 6. The van der Waals surface area contributed by atoms with Gasteiger partial charge in [0.05, 0.1) is 68.0 Å². The van der Waals surface area contributed by atoms with Gasteiger partial charge in [-0.15, -0.1) is 0 Å². The Morgan fingerprint density at radius 2 is 0.750 bits per heavy atom. The number of cyclic esters (lactones) is 2. The molecule has 0 aromatic heterocycles. The van der Waals surface area contributed by atoms with E-state index in [1.165, 1.54) is 28.4 Å². The summed E-state index contributed by atoms with van der Waals surface area (Å²) in [6, 6.07) is 14.0. The minimum atomic E-state index is -1.19. The number of hydrogen-bond acceptors (Lipinski definition) is 15. The van der Waals surface area contributed by atoms with Crippen LogP contribution in [0.4, 0.5) is 4.79 Å². The fourth-order valence-corrected chi connectivity index (χ4v) is 9.56. The molecule has 0 saturated carbocycles. The third-order valence-corrected chi connectivity index (χ3v) is 12.3. The SMILES string of the molecule is COc1cc2c(OC(=O)Oc3c4c(c(-c5ccc(OC)c(OC)c5C(C)(C)C)c5cc(OC)c(OC)cc35)C(=O)OC4)c3c(c(-c4ccc(OC)c(OC)c4C(C)(C)C)c2cc1OC)C(=O)OC3. The fraction of sp³-hybridized carbons (Fsp3) is 0.340. The molecule has 15 heteroatoms. The van der Waals surface area contributed by atoms with Gasteiger partial charge in [-0.2, -0.15) is 0 Å². The van der Waals surface area contributed by atoms with Crippen molar-refractivity contribution >= 4 is 39.6 Å². The van der Waals surface area contributed by atoms with E-state index in [1.807, 2.05) is 53.7 Å². The van der Waals surface area contributed by atoms with Gasteiger partial charge in [0.25, 0.3) is 0 Å². The van der Waals surface area contributed by atoms with Crippen LogP contribution >= 0.6 is 0 Å². The lowest BCUT2D eigenvalue weighted by Crippen LogP contribution is -2.18. The van der Waals surface area contributed by atoms with Crippen molar-refractivity contribution < 1.29 is 71.2 Å². The summed E-state index contributed by atoms with van der Waals surface area (Å²) in [4.78, 5) is 42.9. The number of ether oxygens (including phenoxy) is 12. The molecule has 0 spiro atoms. The first-order chi connectivity index (χ1) is 32.4. The molecule has 356 valence electrons. The lowest BCUT2D eigenvalue weighted by molar-refractivity contribution is 0.0526. The summed E-state index contributed by atoms with van der Waals surface area (Å²) < 4.78 is 70.6. The van der Waals surface area contributed by atoms with Gasteiger partial charge in [0.2, 0.25) is 0 Å². The van der Waals surface area contributed by atoms with Crippen LogP contribution in [-0.4, -0.2) is 75.0 Å². The van der Waals surface area contributed by atoms with Crippen LogP contribution in [-0.2, 0) is 33.5 Å². The van der Waals surface area contributed by atoms with Crippen molar-refractivity contribution in [3.8, 4) is 79.7 Å². The third-order valence-electron chi connectivity index (χ3n) is 12.3. The molecule has 6 aromatic carbocycles. The Morgan fingerprint density at radius 3 is 1.04 bits per heavy atom. The maximum Gasteiger partial charge on any atom is 0.519 e. The molecule has 15 nitrogen and oxygen atoms in total. The third kappa shape index (κ3) is 7.49. The molecule has 0 saturated heterocycles. The number of carbonyl (C=O) groups is 3. The number of methoxy groups -OCH3 is 8. The van der Waals surface area contributed by atoms with Crippen LogP contribution in [0.2, 0.25) is 0 Å². The van der Waals surface area contributed by atoms with E-state index in [0.29, 0.717) is 89.8 Å². The van der Waals surface area contributed by atoms with E-state index < -0.39 is 28.9 Å². The van der Waals surface area contributed by atoms with Crippen molar-refractivity contribution in [1.82, 2.24) is 0 Å². The van der Waals surface area contributed by atoms with Crippen molar-refractivity contribution in [3.63, 3.8) is 0 Å². The van der Waals surface area contributed by atoms with Crippen molar-refractivity contribution in [1.29, 1.82) is 0 Å². The van der Waals surface area contributed by atoms with Crippen molar-refractivity contribution in [2.75, 3.05) is 56.9 Å². The number of esters is 2. The normalized spacial score (nSPS) is 13.1. The van der Waals surface area contributed by atoms with E-state index in [1.54, 1.807) is 64.8 Å². The van der Waals surface area contributed by atoms with Crippen LogP contribution in [0.15, 0.2) is 48.5 Å². The highest BCUT2D eigenvalue weighted by Gasteiger charge is 2.40. The molecular weight excluding hydrogens is 877 g/mol. The zero-order chi connectivity index (χ0) is 49.1. The van der Waals surface area contributed by atoms with E-state index in [4.69, 9.17) is 56.8 Å². The minimum Gasteiger partial charge on any atom is -0.493 e. The monoisotopic (exact) mass is 930 g/mol. The smallest absolute Gasteiger partial charge is 0.493 e. The highest BCUT2D eigenvalue weighted by molar-refractivity contribution is 6.16. The van der Waals surface area contributed by atoms with Crippen molar-refractivity contribution in [2.45, 2.75) is 65.6 Å². The van der Waals surface area contributed by atoms with Crippen LogP contribution in [0, 0.1) is 0 Å². The summed E-state index contributed by atoms with van der Waals surface area (Å²) in [6.07, 6.45) is -1.19. The molecule has 0 N–H and O–H groups in total.